The van der Waals surface area contributed by atoms with Crippen molar-refractivity contribution in [2.24, 2.45) is 0 Å². The van der Waals surface area contributed by atoms with Crippen LogP contribution < -0.4 is 5.32 Å². The molecule has 1 fully saturated rings. The van der Waals surface area contributed by atoms with Crippen LogP contribution in [0.2, 0.25) is 0 Å². The molecule has 2 rings (SSSR count). The van der Waals surface area contributed by atoms with Gasteiger partial charge in [0.15, 0.2) is 0 Å². The molecule has 1 saturated heterocycles. The van der Waals surface area contributed by atoms with Crippen molar-refractivity contribution in [2.45, 2.75) is 38.0 Å². The highest BCUT2D eigenvalue weighted by molar-refractivity contribution is 5.88. The van der Waals surface area contributed by atoms with E-state index in [1.54, 1.807) is 0 Å². The molecule has 1 aromatic rings. The van der Waals surface area contributed by atoms with Gasteiger partial charge in [-0.05, 0) is 24.8 Å². The number of benzene rings is 1. The van der Waals surface area contributed by atoms with Crippen molar-refractivity contribution in [1.82, 2.24) is 5.32 Å². The minimum absolute atomic E-state index is 0.162. The second-order valence-electron chi connectivity index (χ2n) is 5.17. The van der Waals surface area contributed by atoms with Crippen molar-refractivity contribution in [2.75, 3.05) is 19.8 Å². The fourth-order valence-electron chi connectivity index (χ4n) is 2.67. The molecule has 1 aromatic carbocycles. The van der Waals surface area contributed by atoms with Gasteiger partial charge in [-0.3, -0.25) is 4.79 Å². The molecule has 104 valence electrons. The van der Waals surface area contributed by atoms with Gasteiger partial charge in [-0.15, -0.1) is 0 Å². The molecule has 3 nitrogen and oxygen atoms in total. The quantitative estimate of drug-likeness (QED) is 0.828. The molecule has 0 aromatic heterocycles. The van der Waals surface area contributed by atoms with Crippen LogP contribution in [-0.2, 0) is 14.9 Å². The molecule has 1 aliphatic heterocycles. The molecule has 0 unspecified atom stereocenters. The SMILES string of the molecule is CCCCNC(=O)C1(c2ccccc2)CCOCC1. The van der Waals surface area contributed by atoms with Gasteiger partial charge in [0.05, 0.1) is 5.41 Å². The summed E-state index contributed by atoms with van der Waals surface area (Å²) in [6.45, 7) is 4.23. The van der Waals surface area contributed by atoms with Crippen LogP contribution in [0.25, 0.3) is 0 Å². The van der Waals surface area contributed by atoms with Gasteiger partial charge in [0, 0.05) is 19.8 Å². The molecular weight excluding hydrogens is 238 g/mol. The number of ether oxygens (including phenoxy) is 1. The summed E-state index contributed by atoms with van der Waals surface area (Å²) in [7, 11) is 0. The van der Waals surface area contributed by atoms with Crippen molar-refractivity contribution in [3.05, 3.63) is 35.9 Å². The molecular formula is C16H23NO2. The minimum Gasteiger partial charge on any atom is -0.381 e. The Balaban J connectivity index is 2.17. The molecule has 1 aliphatic rings. The van der Waals surface area contributed by atoms with Gasteiger partial charge in [-0.2, -0.15) is 0 Å². The van der Waals surface area contributed by atoms with E-state index in [4.69, 9.17) is 4.74 Å². The van der Waals surface area contributed by atoms with Crippen LogP contribution in [0.1, 0.15) is 38.2 Å². The van der Waals surface area contributed by atoms with Crippen LogP contribution in [-0.4, -0.2) is 25.7 Å². The number of carbonyl (C=O) groups excluding carboxylic acids is 1. The van der Waals surface area contributed by atoms with E-state index in [9.17, 15) is 4.79 Å². The second kappa shape index (κ2) is 6.71. The summed E-state index contributed by atoms with van der Waals surface area (Å²) in [6, 6.07) is 10.1. The van der Waals surface area contributed by atoms with Crippen molar-refractivity contribution in [3.63, 3.8) is 0 Å². The van der Waals surface area contributed by atoms with E-state index in [1.165, 1.54) is 0 Å². The summed E-state index contributed by atoms with van der Waals surface area (Å²) in [6.07, 6.45) is 3.68. The van der Waals surface area contributed by atoms with E-state index < -0.39 is 5.41 Å². The Kier molecular flexibility index (Phi) is 4.97. The van der Waals surface area contributed by atoms with E-state index >= 15 is 0 Å². The van der Waals surface area contributed by atoms with Gasteiger partial charge in [0.1, 0.15) is 0 Å². The molecule has 19 heavy (non-hydrogen) atoms. The Bertz CT molecular complexity index is 396. The third-order valence-electron chi connectivity index (χ3n) is 3.92. The van der Waals surface area contributed by atoms with Crippen LogP contribution in [0.15, 0.2) is 30.3 Å². The lowest BCUT2D eigenvalue weighted by atomic mass is 9.73. The number of hydrogen-bond donors (Lipinski definition) is 1. The third kappa shape index (κ3) is 3.16. The minimum atomic E-state index is -0.396. The highest BCUT2D eigenvalue weighted by atomic mass is 16.5. The van der Waals surface area contributed by atoms with Crippen LogP contribution in [0, 0.1) is 0 Å². The van der Waals surface area contributed by atoms with Crippen molar-refractivity contribution < 1.29 is 9.53 Å². The third-order valence-corrected chi connectivity index (χ3v) is 3.92. The number of unbranched alkanes of at least 4 members (excludes halogenated alkanes) is 1. The molecule has 0 spiro atoms. The summed E-state index contributed by atoms with van der Waals surface area (Å²) in [5.74, 6) is 0.162. The highest BCUT2D eigenvalue weighted by Crippen LogP contribution is 2.35. The highest BCUT2D eigenvalue weighted by Gasteiger charge is 2.41. The maximum Gasteiger partial charge on any atom is 0.230 e. The summed E-state index contributed by atoms with van der Waals surface area (Å²) in [5, 5.41) is 3.10. The summed E-state index contributed by atoms with van der Waals surface area (Å²) < 4.78 is 5.44. The molecule has 1 amide bonds. The first-order valence-corrected chi connectivity index (χ1v) is 7.21. The Labute approximate surface area is 115 Å². The van der Waals surface area contributed by atoms with Gasteiger partial charge in [-0.1, -0.05) is 43.7 Å². The van der Waals surface area contributed by atoms with Gasteiger partial charge in [0.2, 0.25) is 5.91 Å². The van der Waals surface area contributed by atoms with Gasteiger partial charge < -0.3 is 10.1 Å². The smallest absolute Gasteiger partial charge is 0.230 e. The molecule has 0 aliphatic carbocycles. The molecule has 1 heterocycles. The molecule has 0 radical (unpaired) electrons. The fourth-order valence-corrected chi connectivity index (χ4v) is 2.67. The fraction of sp³-hybridized carbons (Fsp3) is 0.562. The summed E-state index contributed by atoms with van der Waals surface area (Å²) in [4.78, 5) is 12.6. The average molecular weight is 261 g/mol. The molecule has 3 heteroatoms. The zero-order chi connectivity index (χ0) is 13.6. The van der Waals surface area contributed by atoms with Crippen molar-refractivity contribution in [1.29, 1.82) is 0 Å². The maximum atomic E-state index is 12.6. The van der Waals surface area contributed by atoms with Crippen LogP contribution in [0.5, 0.6) is 0 Å². The molecule has 0 bridgehead atoms. The maximum absolute atomic E-state index is 12.6. The Morgan fingerprint density at radius 2 is 1.95 bits per heavy atom. The summed E-state index contributed by atoms with van der Waals surface area (Å²) in [5.41, 5.74) is 0.722. The van der Waals surface area contributed by atoms with E-state index in [0.717, 1.165) is 37.8 Å². The first-order chi connectivity index (χ1) is 9.29. The molecule has 0 atom stereocenters. The van der Waals surface area contributed by atoms with E-state index in [2.05, 4.69) is 24.4 Å². The Morgan fingerprint density at radius 1 is 1.26 bits per heavy atom. The number of amides is 1. The lowest BCUT2D eigenvalue weighted by molar-refractivity contribution is -0.130. The number of hydrogen-bond acceptors (Lipinski definition) is 2. The lowest BCUT2D eigenvalue weighted by Gasteiger charge is -2.36. The van der Waals surface area contributed by atoms with Crippen LogP contribution in [0.4, 0.5) is 0 Å². The van der Waals surface area contributed by atoms with Gasteiger partial charge in [-0.25, -0.2) is 0 Å². The number of carbonyl (C=O) groups is 1. The van der Waals surface area contributed by atoms with E-state index in [-0.39, 0.29) is 5.91 Å². The van der Waals surface area contributed by atoms with Crippen molar-refractivity contribution >= 4 is 5.91 Å². The van der Waals surface area contributed by atoms with Crippen LogP contribution >= 0.6 is 0 Å². The lowest BCUT2D eigenvalue weighted by Crippen LogP contribution is -2.48. The first-order valence-electron chi connectivity index (χ1n) is 7.21. The average Bonchev–Trinajstić information content (AvgIpc) is 2.49. The zero-order valence-electron chi connectivity index (χ0n) is 11.7. The second-order valence-corrected chi connectivity index (χ2v) is 5.17. The van der Waals surface area contributed by atoms with E-state index in [1.807, 2.05) is 18.2 Å². The standard InChI is InChI=1S/C16H23NO2/c1-2-3-11-17-15(18)16(9-12-19-13-10-16)14-7-5-4-6-8-14/h4-8H,2-3,9-13H2,1H3,(H,17,18). The number of nitrogens with one attached hydrogen (secondary N) is 1. The molecule has 0 saturated carbocycles. The largest absolute Gasteiger partial charge is 0.381 e. The Hall–Kier alpha value is -1.35. The van der Waals surface area contributed by atoms with Gasteiger partial charge >= 0.3 is 0 Å². The Morgan fingerprint density at radius 3 is 2.58 bits per heavy atom. The first kappa shape index (κ1) is 14.1. The topological polar surface area (TPSA) is 38.3 Å². The van der Waals surface area contributed by atoms with Crippen LogP contribution in [0.3, 0.4) is 0 Å². The monoisotopic (exact) mass is 261 g/mol. The predicted octanol–water partition coefficient (Wildman–Crippen LogP) is 2.65. The van der Waals surface area contributed by atoms with Crippen molar-refractivity contribution in [3.8, 4) is 0 Å². The number of rotatable bonds is 5. The van der Waals surface area contributed by atoms with E-state index in [0.29, 0.717) is 13.2 Å². The zero-order valence-corrected chi connectivity index (χ0v) is 11.7. The predicted molar refractivity (Wildman–Crippen MR) is 76.1 cm³/mol. The molecule has 1 N–H and O–H groups in total. The van der Waals surface area contributed by atoms with Gasteiger partial charge in [0.25, 0.3) is 0 Å². The summed E-state index contributed by atoms with van der Waals surface area (Å²) >= 11 is 0. The normalized spacial score (nSPS) is 17.9.